The second-order valence-corrected chi connectivity index (χ2v) is 9.78. The van der Waals surface area contributed by atoms with Gasteiger partial charge in [0.2, 0.25) is 15.9 Å². The second kappa shape index (κ2) is 7.76. The van der Waals surface area contributed by atoms with E-state index < -0.39 is 16.1 Å². The Morgan fingerprint density at radius 3 is 2.33 bits per heavy atom. The fraction of sp³-hybridized carbons (Fsp3) is 0.292. The molecule has 30 heavy (non-hydrogen) atoms. The van der Waals surface area contributed by atoms with E-state index in [9.17, 15) is 13.2 Å². The summed E-state index contributed by atoms with van der Waals surface area (Å²) in [4.78, 5) is 13.3. The van der Waals surface area contributed by atoms with Gasteiger partial charge in [-0.25, -0.2) is 8.42 Å². The number of anilines is 2. The van der Waals surface area contributed by atoms with Gasteiger partial charge in [0.25, 0.3) is 0 Å². The molecule has 5 nitrogen and oxygen atoms in total. The maximum atomic E-state index is 13.3. The smallest absolute Gasteiger partial charge is 0.248 e. The Hall–Kier alpha value is -2.86. The Kier molecular flexibility index (Phi) is 5.28. The first-order valence-electron chi connectivity index (χ1n) is 10.2. The van der Waals surface area contributed by atoms with Gasteiger partial charge in [0.15, 0.2) is 0 Å². The first-order chi connectivity index (χ1) is 14.3. The fourth-order valence-corrected chi connectivity index (χ4v) is 5.54. The molecule has 1 aliphatic carbocycles. The maximum Gasteiger partial charge on any atom is 0.248 e. The number of rotatable bonds is 6. The van der Waals surface area contributed by atoms with Gasteiger partial charge in [-0.2, -0.15) is 0 Å². The topological polar surface area (TPSA) is 66.5 Å². The lowest BCUT2D eigenvalue weighted by Crippen LogP contribution is -2.47. The minimum Gasteiger partial charge on any atom is -0.324 e. The molecular weight excluding hydrogens is 396 g/mol. The minimum atomic E-state index is -3.65. The van der Waals surface area contributed by atoms with Crippen molar-refractivity contribution in [3.63, 3.8) is 0 Å². The normalized spacial score (nSPS) is 14.0. The predicted octanol–water partition coefficient (Wildman–Crippen LogP) is 4.43. The van der Waals surface area contributed by atoms with Crippen LogP contribution >= 0.6 is 0 Å². The summed E-state index contributed by atoms with van der Waals surface area (Å²) in [5.74, 6) is -0.331. The van der Waals surface area contributed by atoms with Gasteiger partial charge in [-0.05, 0) is 60.9 Å². The van der Waals surface area contributed by atoms with Crippen LogP contribution in [-0.2, 0) is 27.7 Å². The number of hydrogen-bond donors (Lipinski definition) is 1. The monoisotopic (exact) mass is 422 g/mol. The van der Waals surface area contributed by atoms with Crippen LogP contribution in [0.5, 0.6) is 0 Å². The summed E-state index contributed by atoms with van der Waals surface area (Å²) >= 11 is 0. The van der Waals surface area contributed by atoms with Gasteiger partial charge in [0.05, 0.1) is 11.9 Å². The maximum absolute atomic E-state index is 13.3. The van der Waals surface area contributed by atoms with Gasteiger partial charge < -0.3 is 5.32 Å². The minimum absolute atomic E-state index is 0.331. The summed E-state index contributed by atoms with van der Waals surface area (Å²) in [6, 6.07) is 16.5. The molecule has 1 amide bonds. The molecule has 1 N–H and O–H groups in total. The van der Waals surface area contributed by atoms with Crippen LogP contribution in [0.15, 0.2) is 54.6 Å². The van der Waals surface area contributed by atoms with E-state index in [2.05, 4.69) is 17.4 Å². The lowest BCUT2D eigenvalue weighted by atomic mass is 10.0. The highest BCUT2D eigenvalue weighted by Crippen LogP contribution is 2.35. The summed E-state index contributed by atoms with van der Waals surface area (Å²) < 4.78 is 26.5. The van der Waals surface area contributed by atoms with Crippen molar-refractivity contribution in [2.45, 2.75) is 39.2 Å². The van der Waals surface area contributed by atoms with Crippen molar-refractivity contribution in [1.29, 1.82) is 0 Å². The van der Waals surface area contributed by atoms with Crippen LogP contribution in [0, 0.1) is 6.92 Å². The molecule has 6 heteroatoms. The zero-order chi connectivity index (χ0) is 21.5. The highest BCUT2D eigenvalue weighted by Gasteiger charge is 2.32. The molecule has 156 valence electrons. The lowest BCUT2D eigenvalue weighted by molar-refractivity contribution is -0.117. The molecule has 0 heterocycles. The molecule has 3 aromatic carbocycles. The Morgan fingerprint density at radius 1 is 1.03 bits per heavy atom. The summed E-state index contributed by atoms with van der Waals surface area (Å²) in [6.07, 6.45) is 3.52. The molecular formula is C24H26N2O3S. The number of carbonyl (C=O) groups is 1. The van der Waals surface area contributed by atoms with Crippen LogP contribution < -0.4 is 9.62 Å². The van der Waals surface area contributed by atoms with Crippen molar-refractivity contribution < 1.29 is 13.2 Å². The molecule has 0 saturated carbocycles. The molecule has 0 saturated heterocycles. The molecule has 0 spiro atoms. The SMILES string of the molecule is CCC(C(=O)Nc1ccc2c3c(cccc13)CC2)N(c1ccc(C)cc1)S(C)(=O)=O. The third-order valence-corrected chi connectivity index (χ3v) is 6.93. The van der Waals surface area contributed by atoms with Gasteiger partial charge in [-0.1, -0.05) is 48.9 Å². The van der Waals surface area contributed by atoms with Crippen molar-refractivity contribution in [2.24, 2.45) is 0 Å². The number of nitrogens with zero attached hydrogens (tertiary/aromatic N) is 1. The molecule has 0 aliphatic heterocycles. The molecule has 0 radical (unpaired) electrons. The number of carbonyl (C=O) groups excluding carboxylic acids is 1. The first-order valence-corrected chi connectivity index (χ1v) is 12.0. The van der Waals surface area contributed by atoms with Gasteiger partial charge >= 0.3 is 0 Å². The third-order valence-electron chi connectivity index (χ3n) is 5.75. The summed E-state index contributed by atoms with van der Waals surface area (Å²) in [5.41, 5.74) is 4.83. The van der Waals surface area contributed by atoms with Crippen molar-refractivity contribution in [1.82, 2.24) is 0 Å². The number of nitrogens with one attached hydrogen (secondary N) is 1. The number of hydrogen-bond acceptors (Lipinski definition) is 3. The quantitative estimate of drug-likeness (QED) is 0.639. The van der Waals surface area contributed by atoms with Crippen molar-refractivity contribution >= 4 is 38.1 Å². The Balaban J connectivity index is 1.71. The molecule has 0 aromatic heterocycles. The largest absolute Gasteiger partial charge is 0.324 e. The average molecular weight is 423 g/mol. The van der Waals surface area contributed by atoms with E-state index in [0.717, 1.165) is 35.7 Å². The zero-order valence-corrected chi connectivity index (χ0v) is 18.3. The zero-order valence-electron chi connectivity index (χ0n) is 17.5. The average Bonchev–Trinajstić information content (AvgIpc) is 3.13. The second-order valence-electron chi connectivity index (χ2n) is 7.92. The van der Waals surface area contributed by atoms with Gasteiger partial charge in [-0.3, -0.25) is 9.10 Å². The fourth-order valence-electron chi connectivity index (χ4n) is 4.32. The van der Waals surface area contributed by atoms with Gasteiger partial charge in [0, 0.05) is 11.1 Å². The molecule has 1 aliphatic rings. The third kappa shape index (κ3) is 3.67. The van der Waals surface area contributed by atoms with E-state index in [1.165, 1.54) is 20.8 Å². The summed E-state index contributed by atoms with van der Waals surface area (Å²) in [6.45, 7) is 3.76. The highest BCUT2D eigenvalue weighted by atomic mass is 32.2. The van der Waals surface area contributed by atoms with Crippen molar-refractivity contribution in [3.8, 4) is 0 Å². The standard InChI is InChI=1S/C24H26N2O3S/c1-4-22(26(30(3,28)29)19-13-8-16(2)9-14-19)24(27)25-21-15-12-18-11-10-17-6-5-7-20(21)23(17)18/h5-9,12-15,22H,4,10-11H2,1-3H3,(H,25,27). The first kappa shape index (κ1) is 20.4. The molecule has 4 rings (SSSR count). The van der Waals surface area contributed by atoms with Crippen LogP contribution in [0.1, 0.15) is 30.0 Å². The van der Waals surface area contributed by atoms with Crippen molar-refractivity contribution in [3.05, 3.63) is 71.3 Å². The summed E-state index contributed by atoms with van der Waals surface area (Å²) in [7, 11) is -3.65. The van der Waals surface area contributed by atoms with E-state index in [1.807, 2.05) is 44.2 Å². The molecule has 1 unspecified atom stereocenters. The number of amides is 1. The van der Waals surface area contributed by atoms with Crippen molar-refractivity contribution in [2.75, 3.05) is 15.9 Å². The molecule has 1 atom stereocenters. The highest BCUT2D eigenvalue weighted by molar-refractivity contribution is 7.92. The molecule has 0 fully saturated rings. The Morgan fingerprint density at radius 2 is 1.70 bits per heavy atom. The van der Waals surface area contributed by atoms with E-state index >= 15 is 0 Å². The van der Waals surface area contributed by atoms with E-state index in [1.54, 1.807) is 12.1 Å². The number of benzene rings is 3. The lowest BCUT2D eigenvalue weighted by Gasteiger charge is -2.30. The van der Waals surface area contributed by atoms with Crippen LogP contribution in [0.2, 0.25) is 0 Å². The van der Waals surface area contributed by atoms with E-state index in [-0.39, 0.29) is 5.91 Å². The Bertz CT molecular complexity index is 1210. The van der Waals surface area contributed by atoms with E-state index in [4.69, 9.17) is 0 Å². The van der Waals surface area contributed by atoms with Crippen LogP contribution in [0.4, 0.5) is 11.4 Å². The van der Waals surface area contributed by atoms with Crippen LogP contribution in [-0.4, -0.2) is 26.6 Å². The van der Waals surface area contributed by atoms with E-state index in [0.29, 0.717) is 12.1 Å². The van der Waals surface area contributed by atoms with Crippen LogP contribution in [0.3, 0.4) is 0 Å². The predicted molar refractivity (Wildman–Crippen MR) is 123 cm³/mol. The number of aryl methyl sites for hydroxylation is 3. The summed E-state index contributed by atoms with van der Waals surface area (Å²) in [5, 5.41) is 5.22. The van der Waals surface area contributed by atoms with Gasteiger partial charge in [0.1, 0.15) is 6.04 Å². The van der Waals surface area contributed by atoms with Gasteiger partial charge in [-0.15, -0.1) is 0 Å². The van der Waals surface area contributed by atoms with Crippen LogP contribution in [0.25, 0.3) is 10.8 Å². The Labute approximate surface area is 177 Å². The number of sulfonamides is 1. The molecule has 0 bridgehead atoms. The molecule has 3 aromatic rings.